The molecule has 7 heteroatoms. The predicted octanol–water partition coefficient (Wildman–Crippen LogP) is 3.84. The van der Waals surface area contributed by atoms with Crippen molar-refractivity contribution in [3.05, 3.63) is 64.5 Å². The van der Waals surface area contributed by atoms with E-state index >= 15 is 0 Å². The van der Waals surface area contributed by atoms with Gasteiger partial charge >= 0.3 is 0 Å². The van der Waals surface area contributed by atoms with Gasteiger partial charge in [0.15, 0.2) is 6.61 Å². The number of carbonyl (C=O) groups excluding carboxylic acids is 1. The SMILES string of the molecule is Cc1cccc(-c2noc(CN(C)C(=O)COc3ccc(Br)cc3)n2)c1. The summed E-state index contributed by atoms with van der Waals surface area (Å²) in [6.45, 7) is 2.17. The molecule has 0 aliphatic heterocycles. The van der Waals surface area contributed by atoms with Crippen molar-refractivity contribution < 1.29 is 14.1 Å². The number of hydrogen-bond acceptors (Lipinski definition) is 5. The van der Waals surface area contributed by atoms with Gasteiger partial charge in [0, 0.05) is 17.1 Å². The summed E-state index contributed by atoms with van der Waals surface area (Å²) in [7, 11) is 1.67. The first-order chi connectivity index (χ1) is 12.5. The lowest BCUT2D eigenvalue weighted by atomic mass is 10.1. The van der Waals surface area contributed by atoms with Crippen LogP contribution in [0.4, 0.5) is 0 Å². The summed E-state index contributed by atoms with van der Waals surface area (Å²) in [6.07, 6.45) is 0. The number of amides is 1. The molecular weight excluding hydrogens is 398 g/mol. The van der Waals surface area contributed by atoms with Crippen LogP contribution >= 0.6 is 15.9 Å². The van der Waals surface area contributed by atoms with Crippen molar-refractivity contribution in [1.82, 2.24) is 15.0 Å². The average Bonchev–Trinajstić information content (AvgIpc) is 3.09. The summed E-state index contributed by atoms with van der Waals surface area (Å²) in [5.74, 6) is 1.34. The number of nitrogens with zero attached hydrogens (tertiary/aromatic N) is 3. The van der Waals surface area contributed by atoms with Crippen LogP contribution in [0.3, 0.4) is 0 Å². The molecule has 0 aliphatic carbocycles. The van der Waals surface area contributed by atoms with Crippen molar-refractivity contribution in [3.8, 4) is 17.1 Å². The lowest BCUT2D eigenvalue weighted by Crippen LogP contribution is -2.31. The first-order valence-corrected chi connectivity index (χ1v) is 8.82. The zero-order chi connectivity index (χ0) is 18.5. The van der Waals surface area contributed by atoms with Crippen molar-refractivity contribution in [3.63, 3.8) is 0 Å². The molecule has 0 fully saturated rings. The highest BCUT2D eigenvalue weighted by molar-refractivity contribution is 9.10. The number of benzene rings is 2. The van der Waals surface area contributed by atoms with E-state index in [4.69, 9.17) is 9.26 Å². The van der Waals surface area contributed by atoms with Crippen LogP contribution in [0, 0.1) is 6.92 Å². The molecule has 0 radical (unpaired) electrons. The van der Waals surface area contributed by atoms with Crippen LogP contribution in [0.2, 0.25) is 0 Å². The summed E-state index contributed by atoms with van der Waals surface area (Å²) in [6, 6.07) is 15.1. The second-order valence-corrected chi connectivity index (χ2v) is 6.79. The van der Waals surface area contributed by atoms with E-state index in [-0.39, 0.29) is 19.1 Å². The minimum atomic E-state index is -0.178. The molecule has 2 aromatic carbocycles. The van der Waals surface area contributed by atoms with E-state index in [0.717, 1.165) is 15.6 Å². The quantitative estimate of drug-likeness (QED) is 0.611. The van der Waals surface area contributed by atoms with Crippen molar-refractivity contribution in [2.24, 2.45) is 0 Å². The number of aryl methyl sites for hydroxylation is 1. The van der Waals surface area contributed by atoms with Gasteiger partial charge in [-0.15, -0.1) is 0 Å². The Bertz CT molecular complexity index is 893. The van der Waals surface area contributed by atoms with Crippen LogP contribution in [0.5, 0.6) is 5.75 Å². The van der Waals surface area contributed by atoms with Crippen LogP contribution < -0.4 is 4.74 Å². The first-order valence-electron chi connectivity index (χ1n) is 8.03. The molecule has 0 aliphatic rings. The summed E-state index contributed by atoms with van der Waals surface area (Å²) < 4.78 is 11.7. The van der Waals surface area contributed by atoms with Crippen LogP contribution in [-0.2, 0) is 11.3 Å². The average molecular weight is 416 g/mol. The zero-order valence-electron chi connectivity index (χ0n) is 14.5. The molecule has 0 atom stereocenters. The molecule has 1 amide bonds. The van der Waals surface area contributed by atoms with Crippen LogP contribution in [0.25, 0.3) is 11.4 Å². The fraction of sp³-hybridized carbons (Fsp3) is 0.211. The van der Waals surface area contributed by atoms with Gasteiger partial charge in [0.05, 0.1) is 6.54 Å². The number of aromatic nitrogens is 2. The normalized spacial score (nSPS) is 10.6. The van der Waals surface area contributed by atoms with Crippen molar-refractivity contribution in [2.45, 2.75) is 13.5 Å². The van der Waals surface area contributed by atoms with Gasteiger partial charge in [0.25, 0.3) is 5.91 Å². The van der Waals surface area contributed by atoms with Crippen molar-refractivity contribution in [1.29, 1.82) is 0 Å². The largest absolute Gasteiger partial charge is 0.484 e. The van der Waals surface area contributed by atoms with Gasteiger partial charge < -0.3 is 14.2 Å². The summed E-state index contributed by atoms with van der Waals surface area (Å²) in [5.41, 5.74) is 2.00. The molecule has 26 heavy (non-hydrogen) atoms. The van der Waals surface area contributed by atoms with E-state index in [9.17, 15) is 4.79 Å². The topological polar surface area (TPSA) is 68.5 Å². The molecule has 1 aromatic heterocycles. The molecule has 0 spiro atoms. The Labute approximate surface area is 159 Å². The molecule has 3 aromatic rings. The maximum Gasteiger partial charge on any atom is 0.260 e. The third-order valence-corrected chi connectivity index (χ3v) is 4.25. The zero-order valence-corrected chi connectivity index (χ0v) is 16.1. The highest BCUT2D eigenvalue weighted by Crippen LogP contribution is 2.18. The second-order valence-electron chi connectivity index (χ2n) is 5.87. The lowest BCUT2D eigenvalue weighted by molar-refractivity contribution is -0.132. The number of halogens is 1. The monoisotopic (exact) mass is 415 g/mol. The van der Waals surface area contributed by atoms with Gasteiger partial charge in [-0.3, -0.25) is 4.79 Å². The molecule has 0 saturated heterocycles. The maximum absolute atomic E-state index is 12.2. The number of ether oxygens (including phenoxy) is 1. The van der Waals surface area contributed by atoms with E-state index in [1.807, 2.05) is 43.3 Å². The first kappa shape index (κ1) is 18.1. The van der Waals surface area contributed by atoms with Crippen molar-refractivity contribution in [2.75, 3.05) is 13.7 Å². The highest BCUT2D eigenvalue weighted by Gasteiger charge is 2.15. The van der Waals surface area contributed by atoms with E-state index in [1.54, 1.807) is 19.2 Å². The van der Waals surface area contributed by atoms with Gasteiger partial charge in [-0.2, -0.15) is 4.98 Å². The van der Waals surface area contributed by atoms with Gasteiger partial charge in [0.1, 0.15) is 5.75 Å². The van der Waals surface area contributed by atoms with Gasteiger partial charge in [-0.25, -0.2) is 0 Å². The smallest absolute Gasteiger partial charge is 0.260 e. The van der Waals surface area contributed by atoms with Crippen molar-refractivity contribution >= 4 is 21.8 Å². The van der Waals surface area contributed by atoms with Crippen LogP contribution in [-0.4, -0.2) is 34.6 Å². The summed E-state index contributed by atoms with van der Waals surface area (Å²) >= 11 is 3.35. The minimum absolute atomic E-state index is 0.0585. The van der Waals surface area contributed by atoms with E-state index in [0.29, 0.717) is 17.5 Å². The summed E-state index contributed by atoms with van der Waals surface area (Å²) in [4.78, 5) is 18.1. The Kier molecular flexibility index (Phi) is 5.68. The molecule has 0 unspecified atom stereocenters. The Balaban J connectivity index is 1.56. The highest BCUT2D eigenvalue weighted by atomic mass is 79.9. The molecular formula is C19H18BrN3O3. The van der Waals surface area contributed by atoms with Gasteiger partial charge in [-0.05, 0) is 37.3 Å². The molecule has 3 rings (SSSR count). The third kappa shape index (κ3) is 4.70. The Morgan fingerprint density at radius 2 is 2.00 bits per heavy atom. The number of hydrogen-bond donors (Lipinski definition) is 0. The number of carbonyl (C=O) groups is 1. The molecule has 134 valence electrons. The van der Waals surface area contributed by atoms with Crippen LogP contribution in [0.15, 0.2) is 57.5 Å². The van der Waals surface area contributed by atoms with Gasteiger partial charge in [0.2, 0.25) is 11.7 Å². The van der Waals surface area contributed by atoms with Gasteiger partial charge in [-0.1, -0.05) is 44.8 Å². The van der Waals surface area contributed by atoms with E-state index in [2.05, 4.69) is 26.1 Å². The standard InChI is InChI=1S/C19H18BrN3O3/c1-13-4-3-5-14(10-13)19-21-17(26-22-19)11-23(2)18(24)12-25-16-8-6-15(20)7-9-16/h3-10H,11-12H2,1-2H3. The molecule has 0 bridgehead atoms. The summed E-state index contributed by atoms with van der Waals surface area (Å²) in [5, 5.41) is 3.98. The lowest BCUT2D eigenvalue weighted by Gasteiger charge is -2.15. The minimum Gasteiger partial charge on any atom is -0.484 e. The van der Waals surface area contributed by atoms with Crippen LogP contribution in [0.1, 0.15) is 11.5 Å². The molecule has 6 nitrogen and oxygen atoms in total. The number of rotatable bonds is 6. The molecule has 0 saturated carbocycles. The Morgan fingerprint density at radius 1 is 1.23 bits per heavy atom. The predicted molar refractivity (Wildman–Crippen MR) is 101 cm³/mol. The second kappa shape index (κ2) is 8.14. The van der Waals surface area contributed by atoms with E-state index in [1.165, 1.54) is 4.90 Å². The fourth-order valence-corrected chi connectivity index (χ4v) is 2.56. The Morgan fingerprint density at radius 3 is 2.73 bits per heavy atom. The maximum atomic E-state index is 12.2. The molecule has 1 heterocycles. The molecule has 0 N–H and O–H groups in total. The third-order valence-electron chi connectivity index (χ3n) is 3.72. The number of likely N-dealkylation sites (N-methyl/N-ethyl adjacent to an activating group) is 1. The van der Waals surface area contributed by atoms with E-state index < -0.39 is 0 Å². The fourth-order valence-electron chi connectivity index (χ4n) is 2.30. The Hall–Kier alpha value is -2.67.